The summed E-state index contributed by atoms with van der Waals surface area (Å²) < 4.78 is 2.48. The minimum absolute atomic E-state index is 0.106. The Morgan fingerprint density at radius 3 is 2.81 bits per heavy atom. The molecule has 0 aliphatic rings. The summed E-state index contributed by atoms with van der Waals surface area (Å²) in [5.74, 6) is 0. The molecule has 0 bridgehead atoms. The van der Waals surface area contributed by atoms with Crippen LogP contribution in [0.25, 0.3) is 5.69 Å². The van der Waals surface area contributed by atoms with E-state index >= 15 is 0 Å². The number of thiophene rings is 1. The maximum atomic E-state index is 6.11. The number of hydrogen-bond donors (Lipinski definition) is 1. The van der Waals surface area contributed by atoms with Gasteiger partial charge in [0.15, 0.2) is 0 Å². The van der Waals surface area contributed by atoms with Crippen LogP contribution in [0.3, 0.4) is 0 Å². The van der Waals surface area contributed by atoms with Gasteiger partial charge in [-0.25, -0.2) is 9.67 Å². The van der Waals surface area contributed by atoms with Gasteiger partial charge in [0.1, 0.15) is 12.7 Å². The molecule has 1 atom stereocenters. The van der Waals surface area contributed by atoms with Gasteiger partial charge in [-0.2, -0.15) is 5.10 Å². The molecule has 1 unspecified atom stereocenters. The van der Waals surface area contributed by atoms with Crippen molar-refractivity contribution in [3.8, 4) is 5.69 Å². The zero-order valence-corrected chi connectivity index (χ0v) is 13.5. The van der Waals surface area contributed by atoms with E-state index in [-0.39, 0.29) is 6.04 Å². The van der Waals surface area contributed by atoms with E-state index in [1.54, 1.807) is 11.0 Å². The first kappa shape index (κ1) is 14.4. The van der Waals surface area contributed by atoms with Crippen LogP contribution in [-0.2, 0) is 0 Å². The molecule has 0 aliphatic heterocycles. The third-order valence-corrected chi connectivity index (χ3v) is 4.43. The Labute approximate surface area is 136 Å². The number of benzene rings is 1. The molecule has 108 valence electrons. The largest absolute Gasteiger partial charge is 0.377 e. The first-order valence-electron chi connectivity index (χ1n) is 6.28. The summed E-state index contributed by atoms with van der Waals surface area (Å²) in [4.78, 5) is 3.98. The molecular formula is C14H12Cl2N4S. The van der Waals surface area contributed by atoms with Crippen LogP contribution in [0.4, 0.5) is 5.69 Å². The summed E-state index contributed by atoms with van der Waals surface area (Å²) in [6, 6.07) is 7.68. The van der Waals surface area contributed by atoms with Crippen LogP contribution in [0.2, 0.25) is 9.36 Å². The van der Waals surface area contributed by atoms with Gasteiger partial charge in [-0.15, -0.1) is 11.3 Å². The Hall–Kier alpha value is -1.56. The predicted octanol–water partition coefficient (Wildman–Crippen LogP) is 4.81. The van der Waals surface area contributed by atoms with Crippen molar-refractivity contribution in [1.29, 1.82) is 0 Å². The summed E-state index contributed by atoms with van der Waals surface area (Å²) in [5, 5.41) is 10.3. The third-order valence-electron chi connectivity index (χ3n) is 3.08. The van der Waals surface area contributed by atoms with E-state index in [1.165, 1.54) is 17.7 Å². The molecule has 2 heterocycles. The fraction of sp³-hybridized carbons (Fsp3) is 0.143. The Morgan fingerprint density at radius 2 is 2.14 bits per heavy atom. The Morgan fingerprint density at radius 1 is 1.29 bits per heavy atom. The van der Waals surface area contributed by atoms with E-state index in [1.807, 2.05) is 29.6 Å². The third kappa shape index (κ3) is 3.20. The number of aromatic nitrogens is 3. The molecule has 7 heteroatoms. The van der Waals surface area contributed by atoms with Crippen molar-refractivity contribution in [2.75, 3.05) is 5.32 Å². The van der Waals surface area contributed by atoms with Gasteiger partial charge >= 0.3 is 0 Å². The number of nitrogens with one attached hydrogen (secondary N) is 1. The van der Waals surface area contributed by atoms with Gasteiger partial charge < -0.3 is 5.32 Å². The molecule has 0 aliphatic carbocycles. The van der Waals surface area contributed by atoms with Gasteiger partial charge in [0.25, 0.3) is 0 Å². The summed E-state index contributed by atoms with van der Waals surface area (Å²) in [5.41, 5.74) is 2.92. The molecule has 1 N–H and O–H groups in total. The fourth-order valence-corrected chi connectivity index (χ4v) is 3.18. The van der Waals surface area contributed by atoms with E-state index in [2.05, 4.69) is 22.3 Å². The molecule has 0 amide bonds. The molecule has 1 aromatic carbocycles. The maximum Gasteiger partial charge on any atom is 0.138 e. The lowest BCUT2D eigenvalue weighted by atomic mass is 10.1. The Kier molecular flexibility index (Phi) is 4.14. The molecule has 3 rings (SSSR count). The van der Waals surface area contributed by atoms with E-state index in [4.69, 9.17) is 23.2 Å². The van der Waals surface area contributed by atoms with E-state index in [0.29, 0.717) is 5.02 Å². The van der Waals surface area contributed by atoms with E-state index < -0.39 is 0 Å². The summed E-state index contributed by atoms with van der Waals surface area (Å²) >= 11 is 13.6. The van der Waals surface area contributed by atoms with Crippen molar-refractivity contribution in [2.24, 2.45) is 0 Å². The molecule has 0 saturated heterocycles. The lowest BCUT2D eigenvalue weighted by molar-refractivity contribution is 0.855. The molecule has 4 nitrogen and oxygen atoms in total. The van der Waals surface area contributed by atoms with Crippen LogP contribution in [-0.4, -0.2) is 14.8 Å². The van der Waals surface area contributed by atoms with Crippen LogP contribution in [0.5, 0.6) is 0 Å². The molecule has 0 fully saturated rings. The zero-order valence-electron chi connectivity index (χ0n) is 11.1. The van der Waals surface area contributed by atoms with E-state index in [9.17, 15) is 0 Å². The lowest BCUT2D eigenvalue weighted by Crippen LogP contribution is -2.09. The van der Waals surface area contributed by atoms with Gasteiger partial charge in [0, 0.05) is 11.1 Å². The highest BCUT2D eigenvalue weighted by Crippen LogP contribution is 2.30. The van der Waals surface area contributed by atoms with Crippen molar-refractivity contribution < 1.29 is 0 Å². The van der Waals surface area contributed by atoms with Gasteiger partial charge in [-0.1, -0.05) is 23.2 Å². The first-order chi connectivity index (χ1) is 10.1. The SMILES string of the molecule is CC(Nc1cc(Cl)ccc1-n1cncn1)c1csc(Cl)c1. The standard InChI is InChI=1S/C14H12Cl2N4S/c1-9(10-4-14(16)21-6-10)19-12-5-11(15)2-3-13(12)20-8-17-7-18-20/h2-9,19H,1H3. The van der Waals surface area contributed by atoms with Gasteiger partial charge in [0.05, 0.1) is 15.7 Å². The zero-order chi connectivity index (χ0) is 14.8. The highest BCUT2D eigenvalue weighted by atomic mass is 35.5. The summed E-state index contributed by atoms with van der Waals surface area (Å²) in [6.07, 6.45) is 3.15. The lowest BCUT2D eigenvalue weighted by Gasteiger charge is -2.17. The van der Waals surface area contributed by atoms with Gasteiger partial charge in [-0.3, -0.25) is 0 Å². The number of anilines is 1. The minimum atomic E-state index is 0.106. The van der Waals surface area contributed by atoms with Crippen molar-refractivity contribution in [3.05, 3.63) is 57.2 Å². The fourth-order valence-electron chi connectivity index (χ4n) is 2.02. The minimum Gasteiger partial charge on any atom is -0.377 e. The molecule has 21 heavy (non-hydrogen) atoms. The number of rotatable bonds is 4. The maximum absolute atomic E-state index is 6.11. The Bertz CT molecular complexity index is 739. The predicted molar refractivity (Wildman–Crippen MR) is 87.7 cm³/mol. The molecule has 0 spiro atoms. The average Bonchev–Trinajstić information content (AvgIpc) is 3.10. The smallest absolute Gasteiger partial charge is 0.138 e. The number of hydrogen-bond acceptors (Lipinski definition) is 4. The highest BCUT2D eigenvalue weighted by Gasteiger charge is 2.12. The second kappa shape index (κ2) is 6.05. The van der Waals surface area contributed by atoms with Crippen LogP contribution >= 0.6 is 34.5 Å². The van der Waals surface area contributed by atoms with E-state index in [0.717, 1.165) is 21.3 Å². The number of halogens is 2. The van der Waals surface area contributed by atoms with Crippen LogP contribution in [0.1, 0.15) is 18.5 Å². The van der Waals surface area contributed by atoms with Gasteiger partial charge in [0.2, 0.25) is 0 Å². The second-order valence-electron chi connectivity index (χ2n) is 4.55. The molecule has 0 saturated carbocycles. The summed E-state index contributed by atoms with van der Waals surface area (Å²) in [7, 11) is 0. The van der Waals surface area contributed by atoms with Crippen LogP contribution < -0.4 is 5.32 Å². The van der Waals surface area contributed by atoms with Gasteiger partial charge in [-0.05, 0) is 42.1 Å². The normalized spacial score (nSPS) is 12.3. The first-order valence-corrected chi connectivity index (χ1v) is 7.92. The van der Waals surface area contributed by atoms with Crippen molar-refractivity contribution in [2.45, 2.75) is 13.0 Å². The average molecular weight is 339 g/mol. The molecule has 3 aromatic rings. The van der Waals surface area contributed by atoms with Crippen LogP contribution in [0, 0.1) is 0 Å². The quantitative estimate of drug-likeness (QED) is 0.742. The highest BCUT2D eigenvalue weighted by molar-refractivity contribution is 7.14. The number of nitrogens with zero attached hydrogens (tertiary/aromatic N) is 3. The molecule has 2 aromatic heterocycles. The molecule has 0 radical (unpaired) electrons. The Balaban J connectivity index is 1.92. The topological polar surface area (TPSA) is 42.7 Å². The van der Waals surface area contributed by atoms with Crippen molar-refractivity contribution in [1.82, 2.24) is 14.8 Å². The second-order valence-corrected chi connectivity index (χ2v) is 6.53. The van der Waals surface area contributed by atoms with Crippen molar-refractivity contribution >= 4 is 40.2 Å². The summed E-state index contributed by atoms with van der Waals surface area (Å²) in [6.45, 7) is 2.07. The van der Waals surface area contributed by atoms with Crippen molar-refractivity contribution in [3.63, 3.8) is 0 Å². The molecular weight excluding hydrogens is 327 g/mol. The van der Waals surface area contributed by atoms with Crippen LogP contribution in [0.15, 0.2) is 42.3 Å². The monoisotopic (exact) mass is 338 g/mol.